The number of hydrogen-bond donors (Lipinski definition) is 1. The molecular weight excluding hydrogens is 286 g/mol. The van der Waals surface area contributed by atoms with Crippen LogP contribution in [0.5, 0.6) is 0 Å². The van der Waals surface area contributed by atoms with Crippen LogP contribution in [0.15, 0.2) is 11.6 Å². The van der Waals surface area contributed by atoms with Gasteiger partial charge in [-0.1, -0.05) is 0 Å². The van der Waals surface area contributed by atoms with Gasteiger partial charge in [0.1, 0.15) is 0 Å². The van der Waals surface area contributed by atoms with E-state index in [4.69, 9.17) is 0 Å². The summed E-state index contributed by atoms with van der Waals surface area (Å²) in [6.07, 6.45) is 6.07. The Morgan fingerprint density at radius 1 is 1.33 bits per heavy atom. The van der Waals surface area contributed by atoms with Gasteiger partial charge in [-0.2, -0.15) is 0 Å². The lowest BCUT2D eigenvalue weighted by molar-refractivity contribution is -0.133. The zero-order valence-corrected chi connectivity index (χ0v) is 13.1. The van der Waals surface area contributed by atoms with Crippen molar-refractivity contribution >= 4 is 17.2 Å². The molecule has 1 saturated heterocycles. The van der Waals surface area contributed by atoms with E-state index in [0.717, 1.165) is 56.9 Å². The quantitative estimate of drug-likeness (QED) is 0.906. The standard InChI is InChI=1S/C15H23N3O2S/c19-13-3-1-2-12(13)17-7-9-18(10-8-17)15(20)5-4-14-16-6-11-21-14/h6,11-13,19H,1-5,7-10H2. The van der Waals surface area contributed by atoms with Crippen molar-refractivity contribution < 1.29 is 9.90 Å². The maximum atomic E-state index is 12.2. The van der Waals surface area contributed by atoms with Crippen LogP contribution < -0.4 is 0 Å². The highest BCUT2D eigenvalue weighted by atomic mass is 32.1. The number of rotatable bonds is 4. The first-order valence-electron chi connectivity index (χ1n) is 7.82. The van der Waals surface area contributed by atoms with Gasteiger partial charge in [-0.3, -0.25) is 9.69 Å². The van der Waals surface area contributed by atoms with Crippen molar-refractivity contribution in [2.45, 2.75) is 44.2 Å². The Morgan fingerprint density at radius 3 is 2.76 bits per heavy atom. The molecule has 2 aliphatic rings. The largest absolute Gasteiger partial charge is 0.391 e. The fourth-order valence-electron chi connectivity index (χ4n) is 3.40. The van der Waals surface area contributed by atoms with Crippen molar-refractivity contribution in [3.8, 4) is 0 Å². The lowest BCUT2D eigenvalue weighted by Gasteiger charge is -2.39. The molecule has 0 radical (unpaired) electrons. The first-order valence-corrected chi connectivity index (χ1v) is 8.70. The van der Waals surface area contributed by atoms with Crippen LogP contribution in [0, 0.1) is 0 Å². The molecule has 116 valence electrons. The topological polar surface area (TPSA) is 56.7 Å². The normalized spacial score (nSPS) is 27.2. The number of carbonyl (C=O) groups is 1. The van der Waals surface area contributed by atoms with Crippen LogP contribution in [0.2, 0.25) is 0 Å². The summed E-state index contributed by atoms with van der Waals surface area (Å²) >= 11 is 1.61. The van der Waals surface area contributed by atoms with Gasteiger partial charge in [-0.25, -0.2) is 4.98 Å². The first-order chi connectivity index (χ1) is 10.2. The van der Waals surface area contributed by atoms with Gasteiger partial charge in [0.15, 0.2) is 0 Å². The fourth-order valence-corrected chi connectivity index (χ4v) is 4.02. The molecule has 0 bridgehead atoms. The summed E-state index contributed by atoms with van der Waals surface area (Å²) in [6, 6.07) is 0.317. The molecule has 2 fully saturated rings. The van der Waals surface area contributed by atoms with Gasteiger partial charge in [-0.05, 0) is 19.3 Å². The number of carbonyl (C=O) groups excluding carboxylic acids is 1. The Labute approximate surface area is 129 Å². The zero-order valence-electron chi connectivity index (χ0n) is 12.3. The third-order valence-corrected chi connectivity index (χ3v) is 5.46. The molecular formula is C15H23N3O2S. The van der Waals surface area contributed by atoms with Gasteiger partial charge in [0.25, 0.3) is 0 Å². The Morgan fingerprint density at radius 2 is 2.14 bits per heavy atom. The Kier molecular flexibility index (Phi) is 4.87. The molecule has 1 aliphatic heterocycles. The van der Waals surface area contributed by atoms with Crippen LogP contribution in [-0.4, -0.2) is 64.1 Å². The highest BCUT2D eigenvalue weighted by Crippen LogP contribution is 2.25. The molecule has 6 heteroatoms. The van der Waals surface area contributed by atoms with E-state index in [1.54, 1.807) is 17.5 Å². The van der Waals surface area contributed by atoms with E-state index in [1.807, 2.05) is 10.3 Å². The van der Waals surface area contributed by atoms with Crippen molar-refractivity contribution in [2.24, 2.45) is 0 Å². The molecule has 1 amide bonds. The van der Waals surface area contributed by atoms with Crippen molar-refractivity contribution in [1.82, 2.24) is 14.8 Å². The molecule has 1 aromatic rings. The molecule has 2 heterocycles. The van der Waals surface area contributed by atoms with Crippen molar-refractivity contribution in [3.63, 3.8) is 0 Å². The molecule has 1 aromatic heterocycles. The summed E-state index contributed by atoms with van der Waals surface area (Å²) in [5.74, 6) is 0.233. The maximum absolute atomic E-state index is 12.2. The molecule has 2 atom stereocenters. The minimum absolute atomic E-state index is 0.169. The van der Waals surface area contributed by atoms with E-state index in [9.17, 15) is 9.90 Å². The second-order valence-corrected chi connectivity index (χ2v) is 6.89. The van der Waals surface area contributed by atoms with Crippen molar-refractivity contribution in [2.75, 3.05) is 26.2 Å². The summed E-state index contributed by atoms with van der Waals surface area (Å²) in [6.45, 7) is 3.37. The second kappa shape index (κ2) is 6.85. The molecule has 1 aliphatic carbocycles. The van der Waals surface area contributed by atoms with Crippen LogP contribution in [0.3, 0.4) is 0 Å². The van der Waals surface area contributed by atoms with E-state index in [2.05, 4.69) is 9.88 Å². The first kappa shape index (κ1) is 14.9. The minimum atomic E-state index is -0.169. The zero-order chi connectivity index (χ0) is 14.7. The Hall–Kier alpha value is -0.980. The number of amides is 1. The summed E-state index contributed by atoms with van der Waals surface area (Å²) in [7, 11) is 0. The molecule has 0 aromatic carbocycles. The van der Waals surface area contributed by atoms with E-state index in [1.165, 1.54) is 0 Å². The molecule has 21 heavy (non-hydrogen) atoms. The van der Waals surface area contributed by atoms with E-state index >= 15 is 0 Å². The highest BCUT2D eigenvalue weighted by Gasteiger charge is 2.33. The number of thiazole rings is 1. The van der Waals surface area contributed by atoms with Gasteiger partial charge >= 0.3 is 0 Å². The SMILES string of the molecule is O=C(CCc1nccs1)N1CCN(C2CCCC2O)CC1. The van der Waals surface area contributed by atoms with Gasteiger partial charge < -0.3 is 10.0 Å². The second-order valence-electron chi connectivity index (χ2n) is 5.91. The Bertz CT molecular complexity index is 457. The lowest BCUT2D eigenvalue weighted by Crippen LogP contribution is -2.53. The molecule has 1 saturated carbocycles. The molecule has 1 N–H and O–H groups in total. The van der Waals surface area contributed by atoms with Crippen molar-refractivity contribution in [1.29, 1.82) is 0 Å². The molecule has 0 spiro atoms. The number of aliphatic hydroxyl groups excluding tert-OH is 1. The summed E-state index contributed by atoms with van der Waals surface area (Å²) in [5.41, 5.74) is 0. The number of aliphatic hydroxyl groups is 1. The van der Waals surface area contributed by atoms with Gasteiger partial charge in [-0.15, -0.1) is 11.3 Å². The number of hydrogen-bond acceptors (Lipinski definition) is 5. The third-order valence-electron chi connectivity index (χ3n) is 4.62. The van der Waals surface area contributed by atoms with Crippen LogP contribution in [0.4, 0.5) is 0 Å². The maximum Gasteiger partial charge on any atom is 0.223 e. The minimum Gasteiger partial charge on any atom is -0.391 e. The van der Waals surface area contributed by atoms with Gasteiger partial charge in [0.05, 0.1) is 11.1 Å². The average Bonchev–Trinajstić information content (AvgIpc) is 3.16. The number of nitrogens with zero attached hydrogens (tertiary/aromatic N) is 3. The van der Waals surface area contributed by atoms with Crippen molar-refractivity contribution in [3.05, 3.63) is 16.6 Å². The number of aryl methyl sites for hydroxylation is 1. The van der Waals surface area contributed by atoms with E-state index in [0.29, 0.717) is 12.5 Å². The monoisotopic (exact) mass is 309 g/mol. The van der Waals surface area contributed by atoms with E-state index < -0.39 is 0 Å². The Balaban J connectivity index is 1.43. The summed E-state index contributed by atoms with van der Waals surface area (Å²) in [5, 5.41) is 13.0. The molecule has 3 rings (SSSR count). The summed E-state index contributed by atoms with van der Waals surface area (Å²) < 4.78 is 0. The fraction of sp³-hybridized carbons (Fsp3) is 0.733. The van der Waals surface area contributed by atoms with Crippen LogP contribution in [-0.2, 0) is 11.2 Å². The lowest BCUT2D eigenvalue weighted by atomic mass is 10.1. The highest BCUT2D eigenvalue weighted by molar-refractivity contribution is 7.09. The predicted octanol–water partition coefficient (Wildman–Crippen LogP) is 1.13. The van der Waals surface area contributed by atoms with Crippen LogP contribution >= 0.6 is 11.3 Å². The van der Waals surface area contributed by atoms with E-state index in [-0.39, 0.29) is 12.0 Å². The van der Waals surface area contributed by atoms with Gasteiger partial charge in [0, 0.05) is 56.6 Å². The van der Waals surface area contributed by atoms with Gasteiger partial charge in [0.2, 0.25) is 5.91 Å². The predicted molar refractivity (Wildman–Crippen MR) is 82.2 cm³/mol. The molecule has 2 unspecified atom stereocenters. The number of aromatic nitrogens is 1. The van der Waals surface area contributed by atoms with Crippen LogP contribution in [0.25, 0.3) is 0 Å². The summed E-state index contributed by atoms with van der Waals surface area (Å²) in [4.78, 5) is 20.8. The number of piperazine rings is 1. The third kappa shape index (κ3) is 3.62. The average molecular weight is 309 g/mol. The molecule has 5 nitrogen and oxygen atoms in total. The smallest absolute Gasteiger partial charge is 0.223 e. The van der Waals surface area contributed by atoms with Crippen LogP contribution in [0.1, 0.15) is 30.7 Å².